The molecule has 1 unspecified atom stereocenters. The Hall–Kier alpha value is -3.45. The summed E-state index contributed by atoms with van der Waals surface area (Å²) in [6.07, 6.45) is 4.57. The Labute approximate surface area is 173 Å². The molecule has 1 aromatic carbocycles. The number of benzene rings is 1. The summed E-state index contributed by atoms with van der Waals surface area (Å²) >= 11 is 0. The maximum atomic E-state index is 13.4. The predicted octanol–water partition coefficient (Wildman–Crippen LogP) is 3.15. The fraction of sp³-hybridized carbons (Fsp3) is 0.261. The van der Waals surface area contributed by atoms with Crippen molar-refractivity contribution in [3.05, 3.63) is 71.2 Å². The second kappa shape index (κ2) is 6.53. The number of hydrogen-bond donors (Lipinski definition) is 2. The highest BCUT2D eigenvalue weighted by Crippen LogP contribution is 2.36. The van der Waals surface area contributed by atoms with Crippen LogP contribution in [-0.2, 0) is 20.1 Å². The molecule has 2 aliphatic rings. The second-order valence-corrected chi connectivity index (χ2v) is 8.12. The van der Waals surface area contributed by atoms with E-state index in [0.29, 0.717) is 5.69 Å². The highest BCUT2D eigenvalue weighted by molar-refractivity contribution is 5.98. The molecule has 1 atom stereocenters. The van der Waals surface area contributed by atoms with Crippen molar-refractivity contribution in [2.75, 3.05) is 6.54 Å². The molecule has 0 radical (unpaired) electrons. The normalized spacial score (nSPS) is 17.9. The summed E-state index contributed by atoms with van der Waals surface area (Å²) in [5, 5.41) is 11.2. The van der Waals surface area contributed by atoms with E-state index in [0.717, 1.165) is 48.3 Å². The van der Waals surface area contributed by atoms with Gasteiger partial charge in [0.25, 0.3) is 5.91 Å². The van der Waals surface area contributed by atoms with Crippen LogP contribution in [0.25, 0.3) is 22.3 Å². The number of nitrogens with zero attached hydrogens (tertiary/aromatic N) is 4. The van der Waals surface area contributed by atoms with Crippen LogP contribution in [0.5, 0.6) is 0 Å². The fourth-order valence-corrected chi connectivity index (χ4v) is 4.60. The van der Waals surface area contributed by atoms with Crippen molar-refractivity contribution in [1.82, 2.24) is 30.0 Å². The first-order chi connectivity index (χ1) is 14.7. The molecule has 0 spiro atoms. The Kier molecular flexibility index (Phi) is 3.79. The number of carbonyl (C=O) groups is 1. The minimum Gasteiger partial charge on any atom is -0.330 e. The summed E-state index contributed by atoms with van der Waals surface area (Å²) in [7, 11) is 1.91. The molecule has 5 heterocycles. The van der Waals surface area contributed by atoms with Crippen LogP contribution in [-0.4, -0.2) is 37.1 Å². The van der Waals surface area contributed by atoms with Gasteiger partial charge in [0, 0.05) is 43.8 Å². The van der Waals surface area contributed by atoms with Crippen molar-refractivity contribution in [3.8, 4) is 11.3 Å². The number of nitrogens with one attached hydrogen (secondary N) is 2. The highest BCUT2D eigenvalue weighted by atomic mass is 16.2. The first-order valence-corrected chi connectivity index (χ1v) is 10.3. The van der Waals surface area contributed by atoms with Crippen LogP contribution < -0.4 is 5.32 Å². The third-order valence-electron chi connectivity index (χ3n) is 6.42. The van der Waals surface area contributed by atoms with E-state index in [1.165, 1.54) is 16.7 Å². The number of hydrogen-bond acceptors (Lipinski definition) is 4. The molecule has 0 bridgehead atoms. The average Bonchev–Trinajstić information content (AvgIpc) is 3.47. The summed E-state index contributed by atoms with van der Waals surface area (Å²) in [4.78, 5) is 20.1. The van der Waals surface area contributed by atoms with E-state index in [-0.39, 0.29) is 11.9 Å². The van der Waals surface area contributed by atoms with Crippen LogP contribution in [0.2, 0.25) is 0 Å². The van der Waals surface area contributed by atoms with Crippen molar-refractivity contribution in [2.24, 2.45) is 7.05 Å². The van der Waals surface area contributed by atoms with Gasteiger partial charge in [0.15, 0.2) is 0 Å². The van der Waals surface area contributed by atoms with E-state index in [1.807, 2.05) is 40.9 Å². The van der Waals surface area contributed by atoms with E-state index < -0.39 is 0 Å². The fourth-order valence-electron chi connectivity index (χ4n) is 4.60. The molecule has 0 saturated carbocycles. The van der Waals surface area contributed by atoms with Gasteiger partial charge in [-0.05, 0) is 41.3 Å². The smallest absolute Gasteiger partial charge is 0.271 e. The molecule has 6 rings (SSSR count). The molecule has 4 aromatic rings. The number of likely N-dealkylation sites (tertiary alicyclic amines) is 1. The Morgan fingerprint density at radius 2 is 2.03 bits per heavy atom. The molecular weight excluding hydrogens is 376 g/mol. The number of rotatable bonds is 3. The molecule has 1 saturated heterocycles. The monoisotopic (exact) mass is 398 g/mol. The van der Waals surface area contributed by atoms with E-state index in [1.54, 1.807) is 6.20 Å². The van der Waals surface area contributed by atoms with Gasteiger partial charge in [0.1, 0.15) is 11.3 Å². The topological polar surface area (TPSA) is 78.8 Å². The summed E-state index contributed by atoms with van der Waals surface area (Å²) < 4.78 is 1.91. The van der Waals surface area contributed by atoms with Crippen LogP contribution >= 0.6 is 0 Å². The van der Waals surface area contributed by atoms with Crippen LogP contribution in [0, 0.1) is 0 Å². The zero-order valence-electron chi connectivity index (χ0n) is 16.7. The van der Waals surface area contributed by atoms with Crippen molar-refractivity contribution in [1.29, 1.82) is 0 Å². The van der Waals surface area contributed by atoms with Gasteiger partial charge < -0.3 is 14.8 Å². The molecule has 7 nitrogen and oxygen atoms in total. The third kappa shape index (κ3) is 2.59. The van der Waals surface area contributed by atoms with Gasteiger partial charge in [-0.3, -0.25) is 9.89 Å². The van der Waals surface area contributed by atoms with Gasteiger partial charge in [-0.1, -0.05) is 18.2 Å². The van der Waals surface area contributed by atoms with E-state index in [9.17, 15) is 4.79 Å². The zero-order valence-corrected chi connectivity index (χ0v) is 16.7. The Balaban J connectivity index is 1.32. The van der Waals surface area contributed by atoms with Crippen molar-refractivity contribution >= 4 is 16.9 Å². The average molecular weight is 398 g/mol. The minimum absolute atomic E-state index is 0.0650. The molecule has 1 fully saturated rings. The van der Waals surface area contributed by atoms with Gasteiger partial charge >= 0.3 is 0 Å². The van der Waals surface area contributed by atoms with Gasteiger partial charge in [0.2, 0.25) is 0 Å². The highest BCUT2D eigenvalue weighted by Gasteiger charge is 2.35. The van der Waals surface area contributed by atoms with Gasteiger partial charge in [0.05, 0.1) is 17.9 Å². The lowest BCUT2D eigenvalue weighted by atomic mass is 9.92. The van der Waals surface area contributed by atoms with Crippen LogP contribution in [0.4, 0.5) is 0 Å². The van der Waals surface area contributed by atoms with E-state index >= 15 is 0 Å². The Morgan fingerprint density at radius 3 is 2.83 bits per heavy atom. The molecular formula is C23H22N6O. The lowest BCUT2D eigenvalue weighted by Gasteiger charge is -2.41. The van der Waals surface area contributed by atoms with Gasteiger partial charge in [-0.15, -0.1) is 0 Å². The van der Waals surface area contributed by atoms with Crippen LogP contribution in [0.3, 0.4) is 0 Å². The molecule has 2 N–H and O–H groups in total. The molecule has 30 heavy (non-hydrogen) atoms. The van der Waals surface area contributed by atoms with Gasteiger partial charge in [-0.25, -0.2) is 4.98 Å². The lowest BCUT2D eigenvalue weighted by Crippen LogP contribution is -2.45. The largest absolute Gasteiger partial charge is 0.330 e. The first kappa shape index (κ1) is 17.4. The number of H-pyrrole nitrogens is 1. The number of aromatic amines is 1. The quantitative estimate of drug-likeness (QED) is 0.556. The van der Waals surface area contributed by atoms with Gasteiger partial charge in [-0.2, -0.15) is 5.10 Å². The summed E-state index contributed by atoms with van der Waals surface area (Å²) in [5.74, 6) is 0.0650. The second-order valence-electron chi connectivity index (χ2n) is 8.12. The third-order valence-corrected chi connectivity index (χ3v) is 6.42. The number of amides is 1. The molecule has 1 amide bonds. The van der Waals surface area contributed by atoms with E-state index in [2.05, 4.69) is 33.7 Å². The molecule has 2 aliphatic heterocycles. The number of pyridine rings is 1. The number of aromatic nitrogens is 4. The Morgan fingerprint density at radius 1 is 1.13 bits per heavy atom. The summed E-state index contributed by atoms with van der Waals surface area (Å²) in [6.45, 7) is 2.64. The molecule has 150 valence electrons. The van der Waals surface area contributed by atoms with Crippen molar-refractivity contribution in [2.45, 2.75) is 25.6 Å². The number of carbonyl (C=O) groups excluding carboxylic acids is 1. The van der Waals surface area contributed by atoms with Crippen LogP contribution in [0.15, 0.2) is 48.8 Å². The molecule has 3 aromatic heterocycles. The summed E-state index contributed by atoms with van der Waals surface area (Å²) in [6, 6.07) is 12.7. The maximum absolute atomic E-state index is 13.4. The maximum Gasteiger partial charge on any atom is 0.271 e. The van der Waals surface area contributed by atoms with Crippen LogP contribution in [0.1, 0.15) is 39.6 Å². The van der Waals surface area contributed by atoms with E-state index in [4.69, 9.17) is 4.98 Å². The Bertz CT molecular complexity index is 1270. The zero-order chi connectivity index (χ0) is 20.2. The minimum atomic E-state index is 0.0650. The molecule has 7 heteroatoms. The number of aryl methyl sites for hydroxylation is 1. The van der Waals surface area contributed by atoms with Crippen molar-refractivity contribution < 1.29 is 4.79 Å². The van der Waals surface area contributed by atoms with Crippen molar-refractivity contribution in [3.63, 3.8) is 0 Å². The predicted molar refractivity (Wildman–Crippen MR) is 114 cm³/mol. The standard InChI is InChI=1S/C23H22N6O/c1-28-21(9-15-4-5-19(27-22(15)28)18-12-25-26-13-18)23(30)29-7-6-20(29)14-2-3-16-10-24-11-17(16)8-14/h2-5,8-9,12-13,20,24H,6-7,10-11H2,1H3,(H,25,26). The SMILES string of the molecule is Cn1c(C(=O)N2CCC2c2ccc3c(c2)CNC3)cc2ccc(-c3cn[nH]c3)nc21. The lowest BCUT2D eigenvalue weighted by molar-refractivity contribution is 0.0450. The number of fused-ring (bicyclic) bond motifs is 2. The molecule has 0 aliphatic carbocycles. The summed E-state index contributed by atoms with van der Waals surface area (Å²) in [5.41, 5.74) is 7.20. The first-order valence-electron chi connectivity index (χ1n) is 10.3.